The summed E-state index contributed by atoms with van der Waals surface area (Å²) >= 11 is 1.63. The van der Waals surface area contributed by atoms with Crippen LogP contribution < -0.4 is 5.32 Å². The number of benzene rings is 1. The molecule has 1 N–H and O–H groups in total. The first kappa shape index (κ1) is 13.2. The van der Waals surface area contributed by atoms with Crippen LogP contribution in [0.15, 0.2) is 35.7 Å². The van der Waals surface area contributed by atoms with E-state index in [9.17, 15) is 8.78 Å². The number of rotatable bonds is 4. The lowest BCUT2D eigenvalue weighted by atomic mass is 10.1. The Morgan fingerprint density at radius 1 is 1.00 bits per heavy atom. The van der Waals surface area contributed by atoms with Gasteiger partial charge in [0, 0.05) is 22.5 Å². The first-order valence-electron chi connectivity index (χ1n) is 5.83. The molecule has 1 unspecified atom stereocenters. The lowest BCUT2D eigenvalue weighted by Crippen LogP contribution is -2.23. The summed E-state index contributed by atoms with van der Waals surface area (Å²) in [5.41, 5.74) is 0.0981. The van der Waals surface area contributed by atoms with E-state index in [0.29, 0.717) is 0 Å². The monoisotopic (exact) mass is 267 g/mol. The molecule has 18 heavy (non-hydrogen) atoms. The molecule has 0 saturated heterocycles. The SMILES string of the molecule is CC(N[C@@H](C)c1cccs1)c1c(F)cccc1F. The lowest BCUT2D eigenvalue weighted by molar-refractivity contribution is 0.453. The molecule has 0 aliphatic rings. The molecular formula is C14H15F2NS. The van der Waals surface area contributed by atoms with Crippen LogP contribution in [0.5, 0.6) is 0 Å². The van der Waals surface area contributed by atoms with Crippen LogP contribution in [0.2, 0.25) is 0 Å². The Morgan fingerprint density at radius 3 is 2.22 bits per heavy atom. The fourth-order valence-corrected chi connectivity index (χ4v) is 2.75. The van der Waals surface area contributed by atoms with Crippen molar-refractivity contribution in [3.05, 3.63) is 57.8 Å². The summed E-state index contributed by atoms with van der Waals surface area (Å²) in [6.07, 6.45) is 0. The Hall–Kier alpha value is -1.26. The average Bonchev–Trinajstić information content (AvgIpc) is 2.81. The van der Waals surface area contributed by atoms with Gasteiger partial charge in [-0.1, -0.05) is 12.1 Å². The van der Waals surface area contributed by atoms with Crippen LogP contribution in [0.3, 0.4) is 0 Å². The smallest absolute Gasteiger partial charge is 0.130 e. The molecule has 0 bridgehead atoms. The second-order valence-corrected chi connectivity index (χ2v) is 5.24. The quantitative estimate of drug-likeness (QED) is 0.863. The molecule has 0 spiro atoms. The zero-order chi connectivity index (χ0) is 13.1. The molecule has 0 radical (unpaired) electrons. The van der Waals surface area contributed by atoms with E-state index < -0.39 is 11.6 Å². The highest BCUT2D eigenvalue weighted by Crippen LogP contribution is 2.25. The maximum absolute atomic E-state index is 13.6. The maximum Gasteiger partial charge on any atom is 0.130 e. The van der Waals surface area contributed by atoms with E-state index >= 15 is 0 Å². The third-order valence-corrected chi connectivity index (χ3v) is 3.96. The second kappa shape index (κ2) is 5.59. The van der Waals surface area contributed by atoms with Crippen molar-refractivity contribution in [2.24, 2.45) is 0 Å². The minimum Gasteiger partial charge on any atom is -0.303 e. The normalized spacial score (nSPS) is 14.4. The molecule has 2 aromatic rings. The summed E-state index contributed by atoms with van der Waals surface area (Å²) < 4.78 is 27.2. The standard InChI is InChI=1S/C14H15F2NS/c1-9(13-7-4-8-18-13)17-10(2)14-11(15)5-3-6-12(14)16/h3-10,17H,1-2H3/t9-,10?/m0/s1. The van der Waals surface area contributed by atoms with Gasteiger partial charge in [0.1, 0.15) is 11.6 Å². The summed E-state index contributed by atoms with van der Waals surface area (Å²) in [6, 6.07) is 7.61. The molecule has 96 valence electrons. The number of hydrogen-bond acceptors (Lipinski definition) is 2. The number of hydrogen-bond donors (Lipinski definition) is 1. The van der Waals surface area contributed by atoms with E-state index in [1.54, 1.807) is 18.3 Å². The summed E-state index contributed by atoms with van der Waals surface area (Å²) in [6.45, 7) is 3.76. The van der Waals surface area contributed by atoms with Gasteiger partial charge in [-0.15, -0.1) is 11.3 Å². The average molecular weight is 267 g/mol. The molecule has 4 heteroatoms. The van der Waals surface area contributed by atoms with Gasteiger partial charge in [-0.3, -0.25) is 0 Å². The Kier molecular flexibility index (Phi) is 4.09. The third kappa shape index (κ3) is 2.76. The highest BCUT2D eigenvalue weighted by Gasteiger charge is 2.18. The van der Waals surface area contributed by atoms with Crippen LogP contribution in [0.1, 0.15) is 36.4 Å². The molecule has 0 aliphatic heterocycles. The Bertz CT molecular complexity index is 490. The molecule has 2 rings (SSSR count). The summed E-state index contributed by atoms with van der Waals surface area (Å²) in [5.74, 6) is -1.01. The van der Waals surface area contributed by atoms with Crippen molar-refractivity contribution in [1.29, 1.82) is 0 Å². The van der Waals surface area contributed by atoms with Gasteiger partial charge >= 0.3 is 0 Å². The van der Waals surface area contributed by atoms with Gasteiger partial charge < -0.3 is 5.32 Å². The number of nitrogens with one attached hydrogen (secondary N) is 1. The number of thiophene rings is 1. The van der Waals surface area contributed by atoms with Gasteiger partial charge in [0.15, 0.2) is 0 Å². The van der Waals surface area contributed by atoms with Crippen molar-refractivity contribution < 1.29 is 8.78 Å². The van der Waals surface area contributed by atoms with Crippen LogP contribution >= 0.6 is 11.3 Å². The zero-order valence-corrected chi connectivity index (χ0v) is 11.1. The second-order valence-electron chi connectivity index (χ2n) is 4.26. The van der Waals surface area contributed by atoms with Gasteiger partial charge in [0.25, 0.3) is 0 Å². The van der Waals surface area contributed by atoms with Gasteiger partial charge in [-0.25, -0.2) is 8.78 Å². The Morgan fingerprint density at radius 2 is 1.67 bits per heavy atom. The molecule has 0 amide bonds. The molecular weight excluding hydrogens is 252 g/mol. The van der Waals surface area contributed by atoms with Crippen molar-refractivity contribution in [2.45, 2.75) is 25.9 Å². The molecule has 0 fully saturated rings. The lowest BCUT2D eigenvalue weighted by Gasteiger charge is -2.20. The minimum atomic E-state index is -0.506. The summed E-state index contributed by atoms with van der Waals surface area (Å²) in [5, 5.41) is 5.20. The van der Waals surface area contributed by atoms with E-state index in [1.165, 1.54) is 18.2 Å². The first-order valence-corrected chi connectivity index (χ1v) is 6.71. The van der Waals surface area contributed by atoms with Crippen molar-refractivity contribution in [1.82, 2.24) is 5.32 Å². The number of halogens is 2. The Labute approximate surface area is 109 Å². The predicted molar refractivity (Wildman–Crippen MR) is 70.6 cm³/mol. The van der Waals surface area contributed by atoms with Crippen LogP contribution in [0.4, 0.5) is 8.78 Å². The van der Waals surface area contributed by atoms with Crippen molar-refractivity contribution in [3.63, 3.8) is 0 Å². The highest BCUT2D eigenvalue weighted by atomic mass is 32.1. The molecule has 2 atom stereocenters. The molecule has 1 nitrogen and oxygen atoms in total. The van der Waals surface area contributed by atoms with Gasteiger partial charge in [-0.05, 0) is 37.4 Å². The largest absolute Gasteiger partial charge is 0.303 e. The fourth-order valence-electron chi connectivity index (χ4n) is 2.00. The van der Waals surface area contributed by atoms with Crippen LogP contribution in [0.25, 0.3) is 0 Å². The van der Waals surface area contributed by atoms with Crippen LogP contribution in [-0.4, -0.2) is 0 Å². The molecule has 0 saturated carbocycles. The maximum atomic E-state index is 13.6. The predicted octanol–water partition coefficient (Wildman–Crippen LogP) is 4.44. The van der Waals surface area contributed by atoms with E-state index in [2.05, 4.69) is 5.32 Å². The van der Waals surface area contributed by atoms with E-state index in [-0.39, 0.29) is 17.6 Å². The zero-order valence-electron chi connectivity index (χ0n) is 10.3. The minimum absolute atomic E-state index is 0.0685. The highest BCUT2D eigenvalue weighted by molar-refractivity contribution is 7.10. The summed E-state index contributed by atoms with van der Waals surface area (Å²) in [7, 11) is 0. The molecule has 1 aromatic carbocycles. The Balaban J connectivity index is 2.15. The van der Waals surface area contributed by atoms with Crippen molar-refractivity contribution in [3.8, 4) is 0 Å². The topological polar surface area (TPSA) is 12.0 Å². The first-order chi connectivity index (χ1) is 8.59. The molecule has 0 aliphatic carbocycles. The van der Waals surface area contributed by atoms with Crippen LogP contribution in [0, 0.1) is 11.6 Å². The molecule has 1 aromatic heterocycles. The van der Waals surface area contributed by atoms with Gasteiger partial charge in [-0.2, -0.15) is 0 Å². The van der Waals surface area contributed by atoms with Crippen molar-refractivity contribution in [2.75, 3.05) is 0 Å². The van der Waals surface area contributed by atoms with Gasteiger partial charge in [0.05, 0.1) is 0 Å². The van der Waals surface area contributed by atoms with Gasteiger partial charge in [0.2, 0.25) is 0 Å². The molecule has 1 heterocycles. The summed E-state index contributed by atoms with van der Waals surface area (Å²) in [4.78, 5) is 1.15. The van der Waals surface area contributed by atoms with E-state index in [0.717, 1.165) is 4.88 Å². The van der Waals surface area contributed by atoms with E-state index in [4.69, 9.17) is 0 Å². The van der Waals surface area contributed by atoms with Crippen molar-refractivity contribution >= 4 is 11.3 Å². The fraction of sp³-hybridized carbons (Fsp3) is 0.286. The van der Waals surface area contributed by atoms with Crippen LogP contribution in [-0.2, 0) is 0 Å². The van der Waals surface area contributed by atoms with E-state index in [1.807, 2.05) is 24.4 Å². The third-order valence-electron chi connectivity index (χ3n) is 2.90.